The second kappa shape index (κ2) is 10.1. The lowest BCUT2D eigenvalue weighted by atomic mass is 9.97. The third-order valence-corrected chi connectivity index (χ3v) is 7.00. The monoisotopic (exact) mass is 449 g/mol. The number of thiophene rings is 1. The van der Waals surface area contributed by atoms with Gasteiger partial charge in [-0.05, 0) is 55.4 Å². The van der Waals surface area contributed by atoms with Gasteiger partial charge in [-0.1, -0.05) is 25.1 Å². The first-order valence-electron chi connectivity index (χ1n) is 10.9. The lowest BCUT2D eigenvalue weighted by Gasteiger charge is -2.36. The first-order chi connectivity index (χ1) is 15.6. The highest BCUT2D eigenvalue weighted by Crippen LogP contribution is 2.31. The number of fused-ring (bicyclic) bond motifs is 1. The molecule has 2 unspecified atom stereocenters. The minimum absolute atomic E-state index is 0.183. The van der Waals surface area contributed by atoms with E-state index >= 15 is 0 Å². The predicted octanol–water partition coefficient (Wildman–Crippen LogP) is 4.36. The number of nitriles is 1. The first kappa shape index (κ1) is 22.2. The van der Waals surface area contributed by atoms with Crippen LogP contribution >= 0.6 is 11.3 Å². The van der Waals surface area contributed by atoms with E-state index in [9.17, 15) is 10.1 Å². The maximum atomic E-state index is 12.3. The SMILES string of the molecule is COC(=O)C(C#N)c1nc2ccccc2nc1NCC(c1cccs1)N1CCC(C)CC1. The molecule has 1 aliphatic heterocycles. The van der Waals surface area contributed by atoms with E-state index in [4.69, 9.17) is 9.72 Å². The van der Waals surface area contributed by atoms with Crippen molar-refractivity contribution in [1.82, 2.24) is 14.9 Å². The Labute approximate surface area is 192 Å². The van der Waals surface area contributed by atoms with Crippen molar-refractivity contribution in [3.05, 3.63) is 52.3 Å². The second-order valence-electron chi connectivity index (χ2n) is 8.16. The summed E-state index contributed by atoms with van der Waals surface area (Å²) in [7, 11) is 1.28. The molecular formula is C24H27N5O2S. The molecule has 0 amide bonds. The smallest absolute Gasteiger partial charge is 0.329 e. The number of piperidine rings is 1. The van der Waals surface area contributed by atoms with E-state index in [-0.39, 0.29) is 6.04 Å². The summed E-state index contributed by atoms with van der Waals surface area (Å²) < 4.78 is 4.85. The number of anilines is 1. The Morgan fingerprint density at radius 2 is 1.97 bits per heavy atom. The molecule has 32 heavy (non-hydrogen) atoms. The molecule has 166 valence electrons. The maximum Gasteiger partial charge on any atom is 0.329 e. The molecule has 1 fully saturated rings. The lowest BCUT2D eigenvalue weighted by molar-refractivity contribution is -0.141. The molecule has 0 bridgehead atoms. The van der Waals surface area contributed by atoms with Crippen LogP contribution in [-0.4, -0.2) is 47.6 Å². The maximum absolute atomic E-state index is 12.3. The second-order valence-corrected chi connectivity index (χ2v) is 9.14. The number of nitrogens with zero attached hydrogens (tertiary/aromatic N) is 4. The van der Waals surface area contributed by atoms with Gasteiger partial charge in [-0.15, -0.1) is 11.3 Å². The quantitative estimate of drug-likeness (QED) is 0.536. The van der Waals surface area contributed by atoms with Crippen LogP contribution in [0.25, 0.3) is 11.0 Å². The van der Waals surface area contributed by atoms with Crippen LogP contribution in [0.3, 0.4) is 0 Å². The number of esters is 1. The number of carbonyl (C=O) groups excluding carboxylic acids is 1. The largest absolute Gasteiger partial charge is 0.468 e. The molecule has 1 N–H and O–H groups in total. The summed E-state index contributed by atoms with van der Waals surface area (Å²) in [5.41, 5.74) is 1.65. The highest BCUT2D eigenvalue weighted by Gasteiger charge is 2.29. The van der Waals surface area contributed by atoms with E-state index in [1.54, 1.807) is 11.3 Å². The zero-order chi connectivity index (χ0) is 22.5. The molecule has 8 heteroatoms. The molecule has 1 saturated heterocycles. The van der Waals surface area contributed by atoms with Gasteiger partial charge in [0.2, 0.25) is 0 Å². The molecule has 3 aromatic rings. The number of ether oxygens (including phenoxy) is 1. The number of hydrogen-bond acceptors (Lipinski definition) is 8. The van der Waals surface area contributed by atoms with Crippen LogP contribution < -0.4 is 5.32 Å². The van der Waals surface area contributed by atoms with Crippen LogP contribution in [0.5, 0.6) is 0 Å². The fourth-order valence-corrected chi connectivity index (χ4v) is 4.97. The van der Waals surface area contributed by atoms with Gasteiger partial charge in [0, 0.05) is 11.4 Å². The summed E-state index contributed by atoms with van der Waals surface area (Å²) in [6.45, 7) is 5.01. The zero-order valence-corrected chi connectivity index (χ0v) is 19.1. The molecule has 0 spiro atoms. The topological polar surface area (TPSA) is 91.1 Å². The molecule has 2 aromatic heterocycles. The molecule has 1 aromatic carbocycles. The number of para-hydroxylation sites is 2. The minimum Gasteiger partial charge on any atom is -0.468 e. The highest BCUT2D eigenvalue weighted by atomic mass is 32.1. The fraction of sp³-hybridized carbons (Fsp3) is 0.417. The Bertz CT molecular complexity index is 1100. The summed E-state index contributed by atoms with van der Waals surface area (Å²) in [4.78, 5) is 25.4. The van der Waals surface area contributed by atoms with Gasteiger partial charge in [0.1, 0.15) is 5.69 Å². The van der Waals surface area contributed by atoms with Gasteiger partial charge in [-0.2, -0.15) is 5.26 Å². The van der Waals surface area contributed by atoms with Crippen molar-refractivity contribution in [3.63, 3.8) is 0 Å². The molecule has 4 rings (SSSR count). The van der Waals surface area contributed by atoms with Crippen molar-refractivity contribution in [2.24, 2.45) is 5.92 Å². The summed E-state index contributed by atoms with van der Waals surface area (Å²) in [5.74, 6) is -0.583. The first-order valence-corrected chi connectivity index (χ1v) is 11.7. The molecule has 3 heterocycles. The van der Waals surface area contributed by atoms with E-state index < -0.39 is 11.9 Å². The number of carbonyl (C=O) groups is 1. The average Bonchev–Trinajstić information content (AvgIpc) is 3.35. The van der Waals surface area contributed by atoms with Crippen LogP contribution in [-0.2, 0) is 9.53 Å². The van der Waals surface area contributed by atoms with Crippen molar-refractivity contribution in [3.8, 4) is 6.07 Å². The van der Waals surface area contributed by atoms with E-state index in [2.05, 4.69) is 39.6 Å². The van der Waals surface area contributed by atoms with Gasteiger partial charge in [-0.25, -0.2) is 9.97 Å². The Morgan fingerprint density at radius 3 is 2.59 bits per heavy atom. The van der Waals surface area contributed by atoms with Crippen LogP contribution in [0.2, 0.25) is 0 Å². The lowest BCUT2D eigenvalue weighted by Crippen LogP contribution is -2.39. The van der Waals surface area contributed by atoms with Gasteiger partial charge in [0.05, 0.1) is 30.3 Å². The van der Waals surface area contributed by atoms with E-state index in [1.807, 2.05) is 30.3 Å². The average molecular weight is 450 g/mol. The van der Waals surface area contributed by atoms with Crippen molar-refractivity contribution in [2.75, 3.05) is 32.1 Å². The van der Waals surface area contributed by atoms with Crippen molar-refractivity contribution >= 4 is 34.2 Å². The summed E-state index contributed by atoms with van der Waals surface area (Å²) >= 11 is 1.74. The van der Waals surface area contributed by atoms with Crippen LogP contribution in [0.15, 0.2) is 41.8 Å². The van der Waals surface area contributed by atoms with E-state index in [0.29, 0.717) is 29.1 Å². The Hall–Kier alpha value is -3.02. The zero-order valence-electron chi connectivity index (χ0n) is 18.3. The highest BCUT2D eigenvalue weighted by molar-refractivity contribution is 7.10. The van der Waals surface area contributed by atoms with Gasteiger partial charge in [0.25, 0.3) is 0 Å². The van der Waals surface area contributed by atoms with E-state index in [1.165, 1.54) is 24.8 Å². The third kappa shape index (κ3) is 4.74. The fourth-order valence-electron chi connectivity index (χ4n) is 4.11. The van der Waals surface area contributed by atoms with Gasteiger partial charge >= 0.3 is 5.97 Å². The number of methoxy groups -OCH3 is 1. The Morgan fingerprint density at radius 1 is 1.25 bits per heavy atom. The molecular weight excluding hydrogens is 422 g/mol. The Kier molecular flexibility index (Phi) is 6.98. The molecule has 1 aliphatic rings. The van der Waals surface area contributed by atoms with Crippen LogP contribution in [0.1, 0.15) is 42.3 Å². The number of nitrogens with one attached hydrogen (secondary N) is 1. The summed E-state index contributed by atoms with van der Waals surface area (Å²) in [5, 5.41) is 15.2. The Balaban J connectivity index is 1.66. The van der Waals surface area contributed by atoms with Crippen LogP contribution in [0, 0.1) is 17.2 Å². The van der Waals surface area contributed by atoms with Crippen LogP contribution in [0.4, 0.5) is 5.82 Å². The number of likely N-dealkylation sites (tertiary alicyclic amines) is 1. The van der Waals surface area contributed by atoms with Gasteiger partial charge in [0.15, 0.2) is 11.7 Å². The normalized spacial score (nSPS) is 16.9. The van der Waals surface area contributed by atoms with Gasteiger partial charge < -0.3 is 10.1 Å². The summed E-state index contributed by atoms with van der Waals surface area (Å²) in [6.07, 6.45) is 2.36. The van der Waals surface area contributed by atoms with Crippen molar-refractivity contribution < 1.29 is 9.53 Å². The molecule has 0 radical (unpaired) electrons. The number of hydrogen-bond donors (Lipinski definition) is 1. The van der Waals surface area contributed by atoms with Gasteiger partial charge in [-0.3, -0.25) is 9.69 Å². The molecule has 0 saturated carbocycles. The molecule has 0 aliphatic carbocycles. The van der Waals surface area contributed by atoms with Crippen molar-refractivity contribution in [2.45, 2.75) is 31.7 Å². The van der Waals surface area contributed by atoms with E-state index in [0.717, 1.165) is 19.0 Å². The molecule has 7 nitrogen and oxygen atoms in total. The number of aromatic nitrogens is 2. The standard InChI is InChI=1S/C24H27N5O2S/c1-16-9-11-29(12-10-16)20(21-8-5-13-32-21)15-26-23-22(17(14-25)24(30)31-2)27-18-6-3-4-7-19(18)28-23/h3-8,13,16-17,20H,9-12,15H2,1-2H3,(H,26,28). The third-order valence-electron chi connectivity index (χ3n) is 6.03. The minimum atomic E-state index is -1.14. The molecule has 2 atom stereocenters. The summed E-state index contributed by atoms with van der Waals surface area (Å²) in [6, 6.07) is 13.9. The number of rotatable bonds is 7. The number of benzene rings is 1. The predicted molar refractivity (Wildman–Crippen MR) is 125 cm³/mol. The van der Waals surface area contributed by atoms with Crippen molar-refractivity contribution in [1.29, 1.82) is 5.26 Å².